The van der Waals surface area contributed by atoms with Crippen molar-refractivity contribution in [2.45, 2.75) is 0 Å². The molecule has 0 spiro atoms. The first-order valence-corrected chi connectivity index (χ1v) is 4.70. The second-order valence-electron chi connectivity index (χ2n) is 2.50. The van der Waals surface area contributed by atoms with Gasteiger partial charge in [0.05, 0.1) is 7.11 Å². The number of rotatable bonds is 4. The van der Waals surface area contributed by atoms with Crippen molar-refractivity contribution in [2.75, 3.05) is 25.6 Å². The lowest BCUT2D eigenvalue weighted by Crippen LogP contribution is -2.02. The van der Waals surface area contributed by atoms with Gasteiger partial charge in [-0.1, -0.05) is 15.9 Å². The minimum absolute atomic E-state index is 0.319. The topological polar surface area (TPSA) is 21.3 Å². The van der Waals surface area contributed by atoms with Gasteiger partial charge in [0, 0.05) is 22.8 Å². The predicted molar refractivity (Wildman–Crippen MR) is 55.2 cm³/mol. The molecule has 0 fully saturated rings. The Morgan fingerprint density at radius 3 is 2.85 bits per heavy atom. The van der Waals surface area contributed by atoms with Crippen LogP contribution in [0.4, 0.5) is 10.1 Å². The molecule has 13 heavy (non-hydrogen) atoms. The number of nitrogens with one attached hydrogen (secondary N) is 1. The molecule has 0 unspecified atom stereocenters. The van der Waals surface area contributed by atoms with Crippen LogP contribution in [-0.2, 0) is 0 Å². The molecule has 0 bridgehead atoms. The van der Waals surface area contributed by atoms with E-state index < -0.39 is 0 Å². The van der Waals surface area contributed by atoms with Crippen molar-refractivity contribution in [1.29, 1.82) is 0 Å². The van der Waals surface area contributed by atoms with Crippen LogP contribution in [0.25, 0.3) is 0 Å². The zero-order chi connectivity index (χ0) is 9.68. The van der Waals surface area contributed by atoms with Crippen LogP contribution < -0.4 is 10.1 Å². The molecule has 4 heteroatoms. The van der Waals surface area contributed by atoms with Gasteiger partial charge in [-0.2, -0.15) is 0 Å². The molecule has 1 N–H and O–H groups in total. The molecular weight excluding hydrogens is 237 g/mol. The Kier molecular flexibility index (Phi) is 4.02. The van der Waals surface area contributed by atoms with Crippen LogP contribution in [0.1, 0.15) is 0 Å². The van der Waals surface area contributed by atoms with E-state index in [-0.39, 0.29) is 6.67 Å². The molecule has 0 aliphatic rings. The summed E-state index contributed by atoms with van der Waals surface area (Å²) in [6, 6.07) is 5.54. The first-order chi connectivity index (χ1) is 6.26. The van der Waals surface area contributed by atoms with Gasteiger partial charge in [-0.25, -0.2) is 4.39 Å². The number of alkyl halides is 1. The standard InChI is InChI=1S/C9H11BrFNO/c1-13-9-5-7(10)4-8(6-9)12-3-2-11/h4-6,12H,2-3H2,1H3. The number of hydrogen-bond acceptors (Lipinski definition) is 2. The van der Waals surface area contributed by atoms with Crippen LogP contribution in [0.15, 0.2) is 22.7 Å². The van der Waals surface area contributed by atoms with Crippen molar-refractivity contribution in [3.8, 4) is 5.75 Å². The number of hydrogen-bond donors (Lipinski definition) is 1. The Morgan fingerprint density at radius 1 is 1.46 bits per heavy atom. The van der Waals surface area contributed by atoms with E-state index in [9.17, 15) is 4.39 Å². The number of halogens is 2. The fourth-order valence-electron chi connectivity index (χ4n) is 0.974. The second-order valence-corrected chi connectivity index (χ2v) is 3.41. The Labute approximate surface area is 85.2 Å². The summed E-state index contributed by atoms with van der Waals surface area (Å²) < 4.78 is 17.8. The van der Waals surface area contributed by atoms with E-state index in [4.69, 9.17) is 4.74 Å². The zero-order valence-electron chi connectivity index (χ0n) is 7.31. The number of ether oxygens (including phenoxy) is 1. The molecule has 0 radical (unpaired) electrons. The number of methoxy groups -OCH3 is 1. The highest BCUT2D eigenvalue weighted by Gasteiger charge is 1.98. The van der Waals surface area contributed by atoms with E-state index in [2.05, 4.69) is 21.2 Å². The Balaban J connectivity index is 2.76. The normalized spacial score (nSPS) is 9.77. The lowest BCUT2D eigenvalue weighted by molar-refractivity contribution is 0.414. The number of benzene rings is 1. The highest BCUT2D eigenvalue weighted by atomic mass is 79.9. The molecule has 1 aromatic rings. The fraction of sp³-hybridized carbons (Fsp3) is 0.333. The van der Waals surface area contributed by atoms with Crippen LogP contribution in [0, 0.1) is 0 Å². The molecule has 0 amide bonds. The van der Waals surface area contributed by atoms with Gasteiger partial charge in [-0.05, 0) is 12.1 Å². The van der Waals surface area contributed by atoms with Crippen LogP contribution in [0.5, 0.6) is 5.75 Å². The molecule has 1 aromatic carbocycles. The van der Waals surface area contributed by atoms with Crippen molar-refractivity contribution in [3.05, 3.63) is 22.7 Å². The smallest absolute Gasteiger partial charge is 0.122 e. The van der Waals surface area contributed by atoms with Gasteiger partial charge in [-0.3, -0.25) is 0 Å². The molecule has 2 nitrogen and oxygen atoms in total. The maximum absolute atomic E-state index is 11.9. The summed E-state index contributed by atoms with van der Waals surface area (Å²) in [7, 11) is 1.60. The van der Waals surface area contributed by atoms with Gasteiger partial charge in [0.2, 0.25) is 0 Å². The van der Waals surface area contributed by atoms with Crippen LogP contribution in [0.2, 0.25) is 0 Å². The largest absolute Gasteiger partial charge is 0.497 e. The molecule has 0 aliphatic heterocycles. The van der Waals surface area contributed by atoms with Crippen LogP contribution in [-0.4, -0.2) is 20.3 Å². The fourth-order valence-corrected chi connectivity index (χ4v) is 1.45. The summed E-state index contributed by atoms with van der Waals surface area (Å²) in [4.78, 5) is 0. The third kappa shape index (κ3) is 3.22. The third-order valence-electron chi connectivity index (χ3n) is 1.53. The molecule has 1 rings (SSSR count). The first-order valence-electron chi connectivity index (χ1n) is 3.90. The Bertz CT molecular complexity index is 280. The van der Waals surface area contributed by atoms with E-state index in [1.165, 1.54) is 0 Å². The average molecular weight is 248 g/mol. The minimum Gasteiger partial charge on any atom is -0.497 e. The van der Waals surface area contributed by atoms with Crippen LogP contribution >= 0.6 is 15.9 Å². The molecule has 0 saturated heterocycles. The molecular formula is C9H11BrFNO. The second kappa shape index (κ2) is 5.07. The molecule has 0 atom stereocenters. The molecule has 72 valence electrons. The Hall–Kier alpha value is -0.770. The first kappa shape index (κ1) is 10.3. The molecule has 0 aliphatic carbocycles. The summed E-state index contributed by atoms with van der Waals surface area (Å²) in [6.45, 7) is -0.0611. The zero-order valence-corrected chi connectivity index (χ0v) is 8.90. The van der Waals surface area contributed by atoms with Crippen LogP contribution in [0.3, 0.4) is 0 Å². The molecule has 0 heterocycles. The van der Waals surface area contributed by atoms with Crippen molar-refractivity contribution < 1.29 is 9.13 Å². The summed E-state index contributed by atoms with van der Waals surface area (Å²) in [5.74, 6) is 0.746. The van der Waals surface area contributed by atoms with Gasteiger partial charge < -0.3 is 10.1 Å². The van der Waals surface area contributed by atoms with Gasteiger partial charge in [-0.15, -0.1) is 0 Å². The van der Waals surface area contributed by atoms with Gasteiger partial charge in [0.15, 0.2) is 0 Å². The van der Waals surface area contributed by atoms with Crippen molar-refractivity contribution in [1.82, 2.24) is 0 Å². The van der Waals surface area contributed by atoms with Crippen molar-refractivity contribution in [3.63, 3.8) is 0 Å². The van der Waals surface area contributed by atoms with Crippen molar-refractivity contribution in [2.24, 2.45) is 0 Å². The summed E-state index contributed by atoms with van der Waals surface area (Å²) in [6.07, 6.45) is 0. The lowest BCUT2D eigenvalue weighted by atomic mass is 10.3. The van der Waals surface area contributed by atoms with Gasteiger partial charge in [0.25, 0.3) is 0 Å². The molecule has 0 aromatic heterocycles. The third-order valence-corrected chi connectivity index (χ3v) is 1.99. The molecule has 0 saturated carbocycles. The lowest BCUT2D eigenvalue weighted by Gasteiger charge is -2.07. The van der Waals surface area contributed by atoms with E-state index in [0.29, 0.717) is 6.54 Å². The monoisotopic (exact) mass is 247 g/mol. The van der Waals surface area contributed by atoms with Gasteiger partial charge >= 0.3 is 0 Å². The summed E-state index contributed by atoms with van der Waals surface area (Å²) in [5.41, 5.74) is 0.851. The van der Waals surface area contributed by atoms with E-state index in [0.717, 1.165) is 15.9 Å². The SMILES string of the molecule is COc1cc(Br)cc(NCCF)c1. The average Bonchev–Trinajstić information content (AvgIpc) is 2.14. The summed E-state index contributed by atoms with van der Waals surface area (Å²) in [5, 5.41) is 2.92. The Morgan fingerprint density at radius 2 is 2.23 bits per heavy atom. The van der Waals surface area contributed by atoms with Crippen molar-refractivity contribution >= 4 is 21.6 Å². The quantitative estimate of drug-likeness (QED) is 0.884. The van der Waals surface area contributed by atoms with E-state index in [1.807, 2.05) is 18.2 Å². The maximum Gasteiger partial charge on any atom is 0.122 e. The van der Waals surface area contributed by atoms with Gasteiger partial charge in [0.1, 0.15) is 12.4 Å². The predicted octanol–water partition coefficient (Wildman–Crippen LogP) is 2.84. The summed E-state index contributed by atoms with van der Waals surface area (Å²) >= 11 is 3.33. The van der Waals surface area contributed by atoms with E-state index >= 15 is 0 Å². The van der Waals surface area contributed by atoms with E-state index in [1.54, 1.807) is 7.11 Å². The highest BCUT2D eigenvalue weighted by molar-refractivity contribution is 9.10. The minimum atomic E-state index is -0.380. The number of anilines is 1. The maximum atomic E-state index is 11.9. The highest BCUT2D eigenvalue weighted by Crippen LogP contribution is 2.24.